The molecule has 0 aliphatic carbocycles. The van der Waals surface area contributed by atoms with Gasteiger partial charge in [-0.15, -0.1) is 23.2 Å². The molecular weight excluding hydrogens is 271 g/mol. The lowest BCUT2D eigenvalue weighted by Crippen LogP contribution is -2.02. The minimum atomic E-state index is -0.318. The largest absolute Gasteiger partial charge is 0.423 e. The maximum Gasteiger partial charge on any atom is 0.336 e. The summed E-state index contributed by atoms with van der Waals surface area (Å²) in [5.41, 5.74) is 3.51. The molecule has 1 heterocycles. The van der Waals surface area contributed by atoms with Crippen LogP contribution in [0.4, 0.5) is 0 Å². The van der Waals surface area contributed by atoms with Crippen molar-refractivity contribution in [2.75, 3.05) is 11.8 Å². The van der Waals surface area contributed by atoms with Crippen LogP contribution in [0.3, 0.4) is 0 Å². The summed E-state index contributed by atoms with van der Waals surface area (Å²) in [7, 11) is 0. The smallest absolute Gasteiger partial charge is 0.336 e. The normalized spacial score (nSPS) is 11.1. The Bertz CT molecular complexity index is 617. The molecule has 0 N–H and O–H groups in total. The van der Waals surface area contributed by atoms with Crippen molar-refractivity contribution in [3.05, 3.63) is 45.3 Å². The third-order valence-electron chi connectivity index (χ3n) is 3.00. The maximum atomic E-state index is 11.4. The predicted octanol–water partition coefficient (Wildman–Crippen LogP) is 3.66. The van der Waals surface area contributed by atoms with E-state index in [2.05, 4.69) is 6.07 Å². The molecule has 0 saturated heterocycles. The number of aryl methyl sites for hydroxylation is 3. The Morgan fingerprint density at radius 1 is 1.06 bits per heavy atom. The molecule has 0 bridgehead atoms. The molecule has 0 radical (unpaired) electrons. The molecule has 2 rings (SSSR count). The summed E-state index contributed by atoms with van der Waals surface area (Å²) < 4.78 is 5.23. The van der Waals surface area contributed by atoms with Gasteiger partial charge in [-0.25, -0.2) is 4.79 Å². The molecule has 0 aliphatic heterocycles. The van der Waals surface area contributed by atoms with Gasteiger partial charge in [0.15, 0.2) is 0 Å². The summed E-state index contributed by atoms with van der Waals surface area (Å²) in [6.45, 7) is 1.91. The van der Waals surface area contributed by atoms with E-state index in [9.17, 15) is 4.79 Å². The molecule has 0 spiro atoms. The van der Waals surface area contributed by atoms with E-state index >= 15 is 0 Å². The van der Waals surface area contributed by atoms with Crippen LogP contribution in [0.1, 0.15) is 16.7 Å². The predicted molar refractivity (Wildman–Crippen MR) is 76.1 cm³/mol. The van der Waals surface area contributed by atoms with E-state index in [1.54, 1.807) is 0 Å². The van der Waals surface area contributed by atoms with Crippen molar-refractivity contribution in [2.24, 2.45) is 0 Å². The molecule has 0 atom stereocenters. The minimum Gasteiger partial charge on any atom is -0.423 e. The number of hydrogen-bond acceptors (Lipinski definition) is 2. The van der Waals surface area contributed by atoms with Crippen molar-refractivity contribution < 1.29 is 4.42 Å². The van der Waals surface area contributed by atoms with Gasteiger partial charge in [-0.1, -0.05) is 0 Å². The molecular formula is C14H14Cl2O2. The monoisotopic (exact) mass is 284 g/mol. The summed E-state index contributed by atoms with van der Waals surface area (Å²) in [4.78, 5) is 11.4. The zero-order chi connectivity index (χ0) is 13.1. The third kappa shape index (κ3) is 2.70. The first kappa shape index (κ1) is 13.4. The Labute approximate surface area is 116 Å². The van der Waals surface area contributed by atoms with Crippen molar-refractivity contribution in [3.8, 4) is 0 Å². The summed E-state index contributed by atoms with van der Waals surface area (Å²) in [6.07, 6.45) is 1.55. The minimum absolute atomic E-state index is 0.318. The molecule has 18 heavy (non-hydrogen) atoms. The van der Waals surface area contributed by atoms with Crippen molar-refractivity contribution >= 4 is 34.2 Å². The average Bonchev–Trinajstić information content (AvgIpc) is 2.31. The van der Waals surface area contributed by atoms with Gasteiger partial charge in [0.05, 0.1) is 0 Å². The van der Waals surface area contributed by atoms with Gasteiger partial charge in [0.2, 0.25) is 0 Å². The van der Waals surface area contributed by atoms with Crippen LogP contribution >= 0.6 is 23.2 Å². The highest BCUT2D eigenvalue weighted by Crippen LogP contribution is 2.23. The summed E-state index contributed by atoms with van der Waals surface area (Å²) in [5.74, 6) is 1.10. The highest BCUT2D eigenvalue weighted by atomic mass is 35.5. The van der Waals surface area contributed by atoms with Gasteiger partial charge < -0.3 is 4.42 Å². The summed E-state index contributed by atoms with van der Waals surface area (Å²) in [6, 6.07) is 5.47. The molecule has 0 amide bonds. The fourth-order valence-electron chi connectivity index (χ4n) is 2.12. The van der Waals surface area contributed by atoms with Crippen LogP contribution < -0.4 is 5.63 Å². The Kier molecular flexibility index (Phi) is 4.31. The lowest BCUT2D eigenvalue weighted by atomic mass is 9.99. The quantitative estimate of drug-likeness (QED) is 0.634. The number of alkyl halides is 2. The lowest BCUT2D eigenvalue weighted by Gasteiger charge is -2.10. The van der Waals surface area contributed by atoms with E-state index in [-0.39, 0.29) is 5.63 Å². The lowest BCUT2D eigenvalue weighted by molar-refractivity contribution is 0.559. The van der Waals surface area contributed by atoms with Crippen molar-refractivity contribution in [2.45, 2.75) is 19.8 Å². The highest BCUT2D eigenvalue weighted by Gasteiger charge is 2.08. The molecule has 1 aromatic carbocycles. The summed E-state index contributed by atoms with van der Waals surface area (Å²) >= 11 is 11.6. The molecule has 2 aromatic rings. The first-order chi connectivity index (χ1) is 8.65. The SMILES string of the molecule is Cc1cc(=O)oc2cc(CCCl)c(CCCl)cc12. The Balaban J connectivity index is 2.67. The molecule has 4 heteroatoms. The van der Waals surface area contributed by atoms with E-state index in [4.69, 9.17) is 27.6 Å². The Morgan fingerprint density at radius 2 is 1.67 bits per heavy atom. The fraction of sp³-hybridized carbons (Fsp3) is 0.357. The molecule has 0 unspecified atom stereocenters. The van der Waals surface area contributed by atoms with Crippen LogP contribution in [-0.4, -0.2) is 11.8 Å². The van der Waals surface area contributed by atoms with Crippen molar-refractivity contribution in [1.82, 2.24) is 0 Å². The number of benzene rings is 1. The Hall–Kier alpha value is -0.990. The molecule has 0 aliphatic rings. The van der Waals surface area contributed by atoms with Gasteiger partial charge in [0, 0.05) is 23.2 Å². The molecule has 0 fully saturated rings. The van der Waals surface area contributed by atoms with Crippen LogP contribution in [0, 0.1) is 6.92 Å². The zero-order valence-electron chi connectivity index (χ0n) is 10.1. The van der Waals surface area contributed by atoms with Gasteiger partial charge in [-0.3, -0.25) is 0 Å². The van der Waals surface area contributed by atoms with E-state index in [0.29, 0.717) is 17.3 Å². The maximum absolute atomic E-state index is 11.4. The second kappa shape index (κ2) is 5.77. The van der Waals surface area contributed by atoms with Crippen LogP contribution in [0.25, 0.3) is 11.0 Å². The first-order valence-corrected chi connectivity index (χ1v) is 6.91. The zero-order valence-corrected chi connectivity index (χ0v) is 11.6. The van der Waals surface area contributed by atoms with Gasteiger partial charge in [-0.2, -0.15) is 0 Å². The fourth-order valence-corrected chi connectivity index (χ4v) is 2.53. The molecule has 0 saturated carbocycles. The van der Waals surface area contributed by atoms with Crippen molar-refractivity contribution in [3.63, 3.8) is 0 Å². The van der Waals surface area contributed by atoms with Gasteiger partial charge >= 0.3 is 5.63 Å². The number of fused-ring (bicyclic) bond motifs is 1. The van der Waals surface area contributed by atoms with E-state index in [1.165, 1.54) is 11.6 Å². The van der Waals surface area contributed by atoms with Crippen LogP contribution in [0.2, 0.25) is 0 Å². The molecule has 2 nitrogen and oxygen atoms in total. The highest BCUT2D eigenvalue weighted by molar-refractivity contribution is 6.18. The van der Waals surface area contributed by atoms with E-state index < -0.39 is 0 Å². The van der Waals surface area contributed by atoms with Gasteiger partial charge in [0.1, 0.15) is 5.58 Å². The average molecular weight is 285 g/mol. The van der Waals surface area contributed by atoms with Gasteiger partial charge in [0.25, 0.3) is 0 Å². The number of rotatable bonds is 4. The van der Waals surface area contributed by atoms with Crippen LogP contribution in [-0.2, 0) is 12.8 Å². The van der Waals surface area contributed by atoms with Crippen molar-refractivity contribution in [1.29, 1.82) is 0 Å². The summed E-state index contributed by atoms with van der Waals surface area (Å²) in [5, 5.41) is 0.966. The van der Waals surface area contributed by atoms with Gasteiger partial charge in [-0.05, 0) is 48.6 Å². The molecule has 1 aromatic heterocycles. The number of hydrogen-bond donors (Lipinski definition) is 0. The van der Waals surface area contributed by atoms with E-state index in [1.807, 2.05) is 13.0 Å². The van der Waals surface area contributed by atoms with Crippen LogP contribution in [0.5, 0.6) is 0 Å². The first-order valence-electron chi connectivity index (χ1n) is 5.84. The third-order valence-corrected chi connectivity index (χ3v) is 3.38. The van der Waals surface area contributed by atoms with E-state index in [0.717, 1.165) is 29.4 Å². The Morgan fingerprint density at radius 3 is 2.28 bits per heavy atom. The standard InChI is InChI=1S/C14H14Cl2O2/c1-9-6-14(17)18-13-8-11(3-5-16)10(2-4-15)7-12(9)13/h6-8H,2-5H2,1H3. The second-order valence-corrected chi connectivity index (χ2v) is 5.00. The topological polar surface area (TPSA) is 30.2 Å². The number of halogens is 2. The second-order valence-electron chi connectivity index (χ2n) is 4.24. The van der Waals surface area contributed by atoms with Crippen LogP contribution in [0.15, 0.2) is 27.4 Å². The molecule has 96 valence electrons.